The van der Waals surface area contributed by atoms with E-state index in [1.54, 1.807) is 4.90 Å². The molecule has 1 aliphatic heterocycles. The predicted octanol–water partition coefficient (Wildman–Crippen LogP) is 0.519. The van der Waals surface area contributed by atoms with Crippen molar-refractivity contribution in [3.8, 4) is 0 Å². The number of aryl methyl sites for hydroxylation is 1. The highest BCUT2D eigenvalue weighted by Gasteiger charge is 2.20. The smallest absolute Gasteiger partial charge is 0.317 e. The Morgan fingerprint density at radius 3 is 1.58 bits per heavy atom. The molecule has 1 saturated heterocycles. The van der Waals surface area contributed by atoms with E-state index in [1.165, 1.54) is 5.56 Å². The zero-order valence-corrected chi connectivity index (χ0v) is 20.7. The number of carboxylic acid groups (broad SMARTS) is 3. The van der Waals surface area contributed by atoms with Crippen molar-refractivity contribution in [1.82, 2.24) is 24.6 Å². The number of carbonyl (C=O) groups is 3. The van der Waals surface area contributed by atoms with Crippen molar-refractivity contribution in [2.24, 2.45) is 0 Å². The third-order valence-corrected chi connectivity index (χ3v) is 6.29. The van der Waals surface area contributed by atoms with Crippen molar-refractivity contribution >= 4 is 28.8 Å². The molecule has 3 rings (SSSR count). The van der Waals surface area contributed by atoms with E-state index in [-0.39, 0.29) is 19.6 Å². The van der Waals surface area contributed by atoms with Crippen molar-refractivity contribution in [1.29, 1.82) is 0 Å². The first-order chi connectivity index (χ1) is 17.2. The molecular weight excluding hydrogens is 466 g/mol. The molecule has 0 amide bonds. The maximum atomic E-state index is 11.4. The standard InChI is InChI=1S/C25H35N5O6/c1-19-2-5-22-20(14-19)3-4-21(26-22)15-27-6-8-28(16-23(31)32)10-12-30(18-25(35)36)13-11-29(9-7-27)17-24(33)34/h2-5,14H,6-13,15-18H2,1H3,(H,31,32)(H,33,34)(H,35,36). The molecule has 0 atom stereocenters. The van der Waals surface area contributed by atoms with Crippen molar-refractivity contribution in [2.75, 3.05) is 72.0 Å². The van der Waals surface area contributed by atoms with Gasteiger partial charge in [-0.05, 0) is 25.1 Å². The molecule has 11 nitrogen and oxygen atoms in total. The maximum Gasteiger partial charge on any atom is 0.317 e. The SMILES string of the molecule is Cc1ccc2nc(CN3CCN(CC(=O)O)CCN(CC(=O)O)CCN(CC(=O)O)CC3)ccc2c1. The molecule has 0 saturated carbocycles. The number of fused-ring (bicyclic) bond motifs is 1. The molecule has 0 aliphatic carbocycles. The second kappa shape index (κ2) is 13.3. The summed E-state index contributed by atoms with van der Waals surface area (Å²) >= 11 is 0. The van der Waals surface area contributed by atoms with Crippen molar-refractivity contribution in [2.45, 2.75) is 13.5 Å². The van der Waals surface area contributed by atoms with E-state index >= 15 is 0 Å². The van der Waals surface area contributed by atoms with Gasteiger partial charge in [0, 0.05) is 64.3 Å². The van der Waals surface area contributed by atoms with Gasteiger partial charge in [0.05, 0.1) is 30.8 Å². The number of rotatable bonds is 8. The number of carboxylic acids is 3. The maximum absolute atomic E-state index is 11.4. The Bertz CT molecular complexity index is 1030. The van der Waals surface area contributed by atoms with Crippen LogP contribution >= 0.6 is 0 Å². The van der Waals surface area contributed by atoms with E-state index in [1.807, 2.05) is 41.0 Å². The molecule has 2 aromatic rings. The molecule has 196 valence electrons. The first-order valence-electron chi connectivity index (χ1n) is 12.1. The molecule has 36 heavy (non-hydrogen) atoms. The van der Waals surface area contributed by atoms with Crippen LogP contribution in [0.3, 0.4) is 0 Å². The Hall–Kier alpha value is -3.12. The molecule has 3 N–H and O–H groups in total. The van der Waals surface area contributed by atoms with Crippen molar-refractivity contribution in [3.05, 3.63) is 41.6 Å². The third kappa shape index (κ3) is 9.15. The summed E-state index contributed by atoms with van der Waals surface area (Å²) in [6, 6.07) is 10.1. The second-order valence-corrected chi connectivity index (χ2v) is 9.28. The van der Waals surface area contributed by atoms with Gasteiger partial charge in [-0.3, -0.25) is 39.0 Å². The lowest BCUT2D eigenvalue weighted by Crippen LogP contribution is -2.48. The Kier molecular flexibility index (Phi) is 10.1. The summed E-state index contributed by atoms with van der Waals surface area (Å²) in [4.78, 5) is 46.5. The lowest BCUT2D eigenvalue weighted by Gasteiger charge is -2.33. The van der Waals surface area contributed by atoms with E-state index in [0.717, 1.165) is 16.6 Å². The molecule has 1 aliphatic rings. The van der Waals surface area contributed by atoms with E-state index in [0.29, 0.717) is 58.9 Å². The quantitative estimate of drug-likeness (QED) is 0.467. The van der Waals surface area contributed by atoms with Crippen LogP contribution in [0.4, 0.5) is 0 Å². The van der Waals surface area contributed by atoms with Gasteiger partial charge >= 0.3 is 17.9 Å². The zero-order valence-electron chi connectivity index (χ0n) is 20.7. The Morgan fingerprint density at radius 2 is 1.14 bits per heavy atom. The van der Waals surface area contributed by atoms with Crippen LogP contribution in [-0.2, 0) is 20.9 Å². The average molecular weight is 502 g/mol. The molecule has 1 fully saturated rings. The van der Waals surface area contributed by atoms with Crippen LogP contribution in [0.15, 0.2) is 30.3 Å². The van der Waals surface area contributed by atoms with Gasteiger partial charge in [-0.2, -0.15) is 0 Å². The van der Waals surface area contributed by atoms with Crippen LogP contribution < -0.4 is 0 Å². The second-order valence-electron chi connectivity index (χ2n) is 9.28. The van der Waals surface area contributed by atoms with Gasteiger partial charge < -0.3 is 15.3 Å². The number of nitrogens with zero attached hydrogens (tertiary/aromatic N) is 5. The highest BCUT2D eigenvalue weighted by molar-refractivity contribution is 5.79. The average Bonchev–Trinajstić information content (AvgIpc) is 2.79. The zero-order chi connectivity index (χ0) is 26.1. The molecular formula is C25H35N5O6. The van der Waals surface area contributed by atoms with Gasteiger partial charge in [0.25, 0.3) is 0 Å². The topological polar surface area (TPSA) is 138 Å². The third-order valence-electron chi connectivity index (χ3n) is 6.29. The highest BCUT2D eigenvalue weighted by Crippen LogP contribution is 2.15. The molecule has 0 bridgehead atoms. The van der Waals surface area contributed by atoms with E-state index in [4.69, 9.17) is 4.98 Å². The minimum atomic E-state index is -0.971. The van der Waals surface area contributed by atoms with Crippen LogP contribution in [0.2, 0.25) is 0 Å². The fourth-order valence-corrected chi connectivity index (χ4v) is 4.39. The molecule has 11 heteroatoms. The van der Waals surface area contributed by atoms with E-state index in [2.05, 4.69) is 11.0 Å². The van der Waals surface area contributed by atoms with E-state index < -0.39 is 17.9 Å². The van der Waals surface area contributed by atoms with Gasteiger partial charge in [-0.1, -0.05) is 17.7 Å². The monoisotopic (exact) mass is 501 g/mol. The molecule has 0 spiro atoms. The number of aliphatic carboxylic acids is 3. The highest BCUT2D eigenvalue weighted by atomic mass is 16.4. The van der Waals surface area contributed by atoms with Crippen LogP contribution in [0, 0.1) is 6.92 Å². The molecule has 1 aromatic carbocycles. The Morgan fingerprint density at radius 1 is 0.694 bits per heavy atom. The number of benzene rings is 1. The summed E-state index contributed by atoms with van der Waals surface area (Å²) in [6.07, 6.45) is 0. The lowest BCUT2D eigenvalue weighted by molar-refractivity contribution is -0.140. The van der Waals surface area contributed by atoms with Gasteiger partial charge in [-0.15, -0.1) is 0 Å². The number of hydrogen-bond acceptors (Lipinski definition) is 8. The van der Waals surface area contributed by atoms with E-state index in [9.17, 15) is 29.7 Å². The number of pyridine rings is 1. The molecule has 0 radical (unpaired) electrons. The van der Waals surface area contributed by atoms with Gasteiger partial charge in [-0.25, -0.2) is 0 Å². The van der Waals surface area contributed by atoms with Crippen LogP contribution in [0.25, 0.3) is 10.9 Å². The van der Waals surface area contributed by atoms with Gasteiger partial charge in [0.1, 0.15) is 0 Å². The fraction of sp³-hybridized carbons (Fsp3) is 0.520. The summed E-state index contributed by atoms with van der Waals surface area (Å²) in [6.45, 7) is 5.83. The largest absolute Gasteiger partial charge is 0.480 e. The lowest BCUT2D eigenvalue weighted by atomic mass is 10.1. The number of hydrogen-bond donors (Lipinski definition) is 3. The van der Waals surface area contributed by atoms with Crippen molar-refractivity contribution in [3.63, 3.8) is 0 Å². The van der Waals surface area contributed by atoms with Crippen LogP contribution in [-0.4, -0.2) is 130 Å². The van der Waals surface area contributed by atoms with Crippen LogP contribution in [0.1, 0.15) is 11.3 Å². The normalized spacial score (nSPS) is 17.9. The summed E-state index contributed by atoms with van der Waals surface area (Å²) in [7, 11) is 0. The first kappa shape index (κ1) is 27.5. The molecule has 2 heterocycles. The summed E-state index contributed by atoms with van der Waals surface area (Å²) in [5.41, 5.74) is 2.96. The summed E-state index contributed by atoms with van der Waals surface area (Å²) in [5.74, 6) is -2.84. The predicted molar refractivity (Wildman–Crippen MR) is 134 cm³/mol. The Labute approximate surface area is 210 Å². The van der Waals surface area contributed by atoms with Crippen molar-refractivity contribution < 1.29 is 29.7 Å². The minimum absolute atomic E-state index is 0.131. The minimum Gasteiger partial charge on any atom is -0.480 e. The summed E-state index contributed by atoms with van der Waals surface area (Å²) < 4.78 is 0. The molecule has 1 aromatic heterocycles. The van der Waals surface area contributed by atoms with Gasteiger partial charge in [0.15, 0.2) is 0 Å². The van der Waals surface area contributed by atoms with Crippen LogP contribution in [0.5, 0.6) is 0 Å². The Balaban J connectivity index is 1.77. The number of aromatic nitrogens is 1. The first-order valence-corrected chi connectivity index (χ1v) is 12.1. The van der Waals surface area contributed by atoms with Gasteiger partial charge in [0.2, 0.25) is 0 Å². The summed E-state index contributed by atoms with van der Waals surface area (Å²) in [5, 5.41) is 29.1. The molecule has 0 unspecified atom stereocenters. The fourth-order valence-electron chi connectivity index (χ4n) is 4.39.